The number of hydrogen-bond acceptors (Lipinski definition) is 11. The maximum absolute atomic E-state index is 14.3. The maximum Gasteiger partial charge on any atom is 0.320 e. The van der Waals surface area contributed by atoms with Crippen molar-refractivity contribution >= 4 is 58.4 Å². The molecule has 1 saturated carbocycles. The first kappa shape index (κ1) is 43.4. The van der Waals surface area contributed by atoms with Gasteiger partial charge in [-0.05, 0) is 76.8 Å². The number of thioether (sulfide) groups is 1. The Labute approximate surface area is 341 Å². The number of Topliss-reactive ketones (excluding diaryl/α,β-unsaturated/α-hetero) is 1. The van der Waals surface area contributed by atoms with Gasteiger partial charge < -0.3 is 28.6 Å². The molecule has 1 aromatic carbocycles. The molecule has 5 rings (SSSR count). The lowest BCUT2D eigenvalue weighted by molar-refractivity contribution is -0.167. The summed E-state index contributed by atoms with van der Waals surface area (Å²) in [6.45, 7) is 12.3. The number of fused-ring (bicyclic) bond motifs is 1. The van der Waals surface area contributed by atoms with Gasteiger partial charge >= 0.3 is 11.9 Å². The van der Waals surface area contributed by atoms with Crippen LogP contribution in [0.15, 0.2) is 30.6 Å². The minimum atomic E-state index is -1.19. The smallest absolute Gasteiger partial charge is 0.320 e. The largest absolute Gasteiger partial charge is 0.493 e. The molecule has 1 aliphatic carbocycles. The second-order valence-electron chi connectivity index (χ2n) is 16.4. The molecule has 0 spiro atoms. The molecule has 2 aromatic rings. The summed E-state index contributed by atoms with van der Waals surface area (Å²) in [5, 5.41) is 0.210. The number of carbonyl (C=O) groups excluding carboxylic acids is 3. The van der Waals surface area contributed by atoms with Crippen molar-refractivity contribution in [3.05, 3.63) is 46.2 Å². The minimum Gasteiger partial charge on any atom is -0.493 e. The molecular formula is C42H58Cl2N2O8S. The van der Waals surface area contributed by atoms with Gasteiger partial charge in [-0.15, -0.1) is 11.8 Å². The number of esters is 2. The summed E-state index contributed by atoms with van der Waals surface area (Å²) in [6.07, 6.45) is 9.37. The molecule has 2 aliphatic heterocycles. The quantitative estimate of drug-likeness (QED) is 0.203. The van der Waals surface area contributed by atoms with Crippen LogP contribution in [0, 0.1) is 29.6 Å². The zero-order valence-electron chi connectivity index (χ0n) is 33.5. The van der Waals surface area contributed by atoms with E-state index in [2.05, 4.69) is 16.8 Å². The predicted octanol–water partition coefficient (Wildman–Crippen LogP) is 9.00. The second-order valence-corrected chi connectivity index (χ2v) is 18.5. The highest BCUT2D eigenvalue weighted by Crippen LogP contribution is 2.46. The Bertz CT molecular complexity index is 1660. The Kier molecular flexibility index (Phi) is 14.7. The number of pyridine rings is 1. The predicted molar refractivity (Wildman–Crippen MR) is 217 cm³/mol. The Balaban J connectivity index is 1.43. The van der Waals surface area contributed by atoms with E-state index in [0.29, 0.717) is 59.6 Å². The third kappa shape index (κ3) is 10.4. The maximum atomic E-state index is 14.3. The number of benzene rings is 1. The Morgan fingerprint density at radius 2 is 1.64 bits per heavy atom. The van der Waals surface area contributed by atoms with Gasteiger partial charge in [-0.3, -0.25) is 19.4 Å². The van der Waals surface area contributed by atoms with Crippen LogP contribution in [0.2, 0.25) is 10.0 Å². The molecule has 2 saturated heterocycles. The van der Waals surface area contributed by atoms with Crippen molar-refractivity contribution in [2.24, 2.45) is 29.6 Å². The van der Waals surface area contributed by atoms with Crippen molar-refractivity contribution in [2.75, 3.05) is 38.0 Å². The summed E-state index contributed by atoms with van der Waals surface area (Å²) in [5.74, 6) is -0.568. The summed E-state index contributed by atoms with van der Waals surface area (Å²) in [6, 6.07) is 5.85. The van der Waals surface area contributed by atoms with Crippen LogP contribution in [-0.2, 0) is 35.1 Å². The summed E-state index contributed by atoms with van der Waals surface area (Å²) in [7, 11) is 3.31. The average Bonchev–Trinajstić information content (AvgIpc) is 3.74. The molecule has 13 heteroatoms. The van der Waals surface area contributed by atoms with Crippen LogP contribution in [0.25, 0.3) is 0 Å². The van der Waals surface area contributed by atoms with E-state index >= 15 is 0 Å². The summed E-state index contributed by atoms with van der Waals surface area (Å²) in [5.41, 5.74) is -0.170. The Morgan fingerprint density at radius 3 is 2.29 bits per heavy atom. The molecule has 0 radical (unpaired) electrons. The number of nitrogens with zero attached hydrogens (tertiary/aromatic N) is 2. The van der Waals surface area contributed by atoms with Gasteiger partial charge in [0, 0.05) is 73.4 Å². The van der Waals surface area contributed by atoms with Gasteiger partial charge in [0.05, 0.1) is 34.8 Å². The number of ether oxygens (including phenoxy) is 5. The van der Waals surface area contributed by atoms with E-state index in [0.717, 1.165) is 36.9 Å². The fraction of sp³-hybridized carbons (Fsp3) is 0.667. The van der Waals surface area contributed by atoms with Crippen LogP contribution in [0.5, 0.6) is 11.5 Å². The van der Waals surface area contributed by atoms with Crippen molar-refractivity contribution in [1.29, 1.82) is 0 Å². The first-order chi connectivity index (χ1) is 26.1. The third-order valence-corrected chi connectivity index (χ3v) is 13.7. The van der Waals surface area contributed by atoms with Gasteiger partial charge in [0.2, 0.25) is 0 Å². The number of aromatic nitrogens is 1. The first-order valence-electron chi connectivity index (χ1n) is 19.6. The number of rotatable bonds is 11. The van der Waals surface area contributed by atoms with Crippen molar-refractivity contribution in [3.8, 4) is 11.5 Å². The van der Waals surface area contributed by atoms with Gasteiger partial charge in [-0.1, -0.05) is 50.9 Å². The number of hydrogen-bond donors (Lipinski definition) is 0. The lowest BCUT2D eigenvalue weighted by Crippen LogP contribution is -2.47. The topological polar surface area (TPSA) is 113 Å². The Morgan fingerprint density at radius 1 is 0.945 bits per heavy atom. The monoisotopic (exact) mass is 820 g/mol. The van der Waals surface area contributed by atoms with Crippen molar-refractivity contribution in [1.82, 2.24) is 4.98 Å². The average molecular weight is 822 g/mol. The van der Waals surface area contributed by atoms with E-state index in [1.165, 1.54) is 11.8 Å². The van der Waals surface area contributed by atoms with E-state index in [-0.39, 0.29) is 42.2 Å². The zero-order chi connectivity index (χ0) is 40.1. The molecule has 3 fully saturated rings. The van der Waals surface area contributed by atoms with E-state index in [1.54, 1.807) is 33.5 Å². The number of halogens is 2. The summed E-state index contributed by atoms with van der Waals surface area (Å²) < 4.78 is 30.1. The van der Waals surface area contributed by atoms with E-state index < -0.39 is 34.3 Å². The molecule has 0 amide bonds. The number of anilines is 1. The van der Waals surface area contributed by atoms with Crippen LogP contribution in [0.3, 0.4) is 0 Å². The highest BCUT2D eigenvalue weighted by molar-refractivity contribution is 8.00. The molecule has 3 heterocycles. The molecule has 8 atom stereocenters. The molecule has 55 heavy (non-hydrogen) atoms. The highest BCUT2D eigenvalue weighted by atomic mass is 35.5. The molecule has 3 aliphatic rings. The van der Waals surface area contributed by atoms with Crippen molar-refractivity contribution in [3.63, 3.8) is 0 Å². The summed E-state index contributed by atoms with van der Waals surface area (Å²) in [4.78, 5) is 47.7. The number of methoxy groups -OCH3 is 2. The van der Waals surface area contributed by atoms with Crippen LogP contribution < -0.4 is 14.4 Å². The number of carbonyl (C=O) groups is 3. The molecule has 5 unspecified atom stereocenters. The molecular weight excluding hydrogens is 763 g/mol. The van der Waals surface area contributed by atoms with Crippen molar-refractivity contribution < 1.29 is 38.1 Å². The van der Waals surface area contributed by atoms with Gasteiger partial charge in [-0.2, -0.15) is 0 Å². The van der Waals surface area contributed by atoms with E-state index in [4.69, 9.17) is 46.9 Å². The van der Waals surface area contributed by atoms with E-state index in [9.17, 15) is 14.4 Å². The Hall–Kier alpha value is -2.73. The van der Waals surface area contributed by atoms with Crippen LogP contribution >= 0.6 is 35.0 Å². The van der Waals surface area contributed by atoms with Crippen LogP contribution in [0.4, 0.5) is 5.69 Å². The molecule has 1 aromatic heterocycles. The number of ketones is 1. The fourth-order valence-corrected chi connectivity index (χ4v) is 10.9. The summed E-state index contributed by atoms with van der Waals surface area (Å²) >= 11 is 14.7. The van der Waals surface area contributed by atoms with Crippen molar-refractivity contribution in [2.45, 2.75) is 116 Å². The van der Waals surface area contributed by atoms with Crippen LogP contribution in [-0.4, -0.2) is 78.4 Å². The first-order valence-corrected chi connectivity index (χ1v) is 21.4. The van der Waals surface area contributed by atoms with Gasteiger partial charge in [0.15, 0.2) is 11.5 Å². The molecule has 0 bridgehead atoms. The standard InChI is InChI=1S/C42H58Cl2N2O8S/c1-25-17-26(2)39(48)52-24-42(6)36(28(4)37(47)27(3)20-41(5,19-25)51-8)38(40(49)54-42)55-16-15-46(23-31-32(43)21-45-22-33(31)44)29-13-14-34(50-7)35(18-29)53-30-11-9-10-12-30/h13-14,18,21-22,25-28,30,36,38H,9-12,15-17,19-20,23-24H2,1-8H3/t25-,26?,27+,28?,36?,38?,41?,42+/m0/s1. The lowest BCUT2D eigenvalue weighted by Gasteiger charge is -2.38. The van der Waals surface area contributed by atoms with Gasteiger partial charge in [0.1, 0.15) is 23.2 Å². The third-order valence-electron chi connectivity index (χ3n) is 11.8. The number of cyclic esters (lactones) is 1. The SMILES string of the molecule is COc1ccc(N(CCSC2C(=O)O[C@]3(C)COC(=O)C(C)C[C@H](C)CC(C)(OC)C[C@@H](C)C(=O)C(C)C23)Cc2c(Cl)cncc2Cl)cc1OC1CCCC1. The molecule has 0 N–H and O–H groups in total. The fourth-order valence-electron chi connectivity index (χ4n) is 8.92. The van der Waals surface area contributed by atoms with E-state index in [1.807, 2.05) is 45.9 Å². The minimum absolute atomic E-state index is 0.0319. The molecule has 304 valence electrons. The van der Waals surface area contributed by atoms with Gasteiger partial charge in [-0.25, -0.2) is 0 Å². The zero-order valence-corrected chi connectivity index (χ0v) is 35.9. The highest BCUT2D eigenvalue weighted by Gasteiger charge is 2.57. The van der Waals surface area contributed by atoms with Crippen LogP contribution in [0.1, 0.15) is 92.1 Å². The normalized spacial score (nSPS) is 31.0. The lowest BCUT2D eigenvalue weighted by atomic mass is 9.73. The van der Waals surface area contributed by atoms with Gasteiger partial charge in [0.25, 0.3) is 0 Å². The molecule has 10 nitrogen and oxygen atoms in total. The second kappa shape index (κ2) is 18.7.